The van der Waals surface area contributed by atoms with Crippen LogP contribution in [0.4, 0.5) is 11.4 Å². The summed E-state index contributed by atoms with van der Waals surface area (Å²) in [6.07, 6.45) is 2.75. The van der Waals surface area contributed by atoms with Gasteiger partial charge in [-0.1, -0.05) is 0 Å². The van der Waals surface area contributed by atoms with Crippen LogP contribution in [-0.2, 0) is 4.74 Å². The third-order valence-corrected chi connectivity index (χ3v) is 1.97. The van der Waals surface area contributed by atoms with Crippen molar-refractivity contribution in [1.29, 1.82) is 0 Å². The molecule has 1 aromatic rings. The molecule has 1 heterocycles. The van der Waals surface area contributed by atoms with Gasteiger partial charge in [0.2, 0.25) is 0 Å². The van der Waals surface area contributed by atoms with Crippen LogP contribution in [0.3, 0.4) is 0 Å². The van der Waals surface area contributed by atoms with E-state index in [4.69, 9.17) is 4.74 Å². The Morgan fingerprint density at radius 2 is 2.44 bits per heavy atom. The summed E-state index contributed by atoms with van der Waals surface area (Å²) in [5.74, 6) is 0. The standard InChI is InChI=1S/C10H15N3O3/c1-3-16-7-8(2)12-9-4-5-11-6-10(9)13(14)15/h4-6,8H,3,7H2,1-2H3,(H,11,12). The molecule has 6 heteroatoms. The van der Waals surface area contributed by atoms with Gasteiger partial charge >= 0.3 is 5.69 Å². The van der Waals surface area contributed by atoms with Crippen molar-refractivity contribution >= 4 is 11.4 Å². The van der Waals surface area contributed by atoms with Crippen molar-refractivity contribution < 1.29 is 9.66 Å². The third-order valence-electron chi connectivity index (χ3n) is 1.97. The van der Waals surface area contributed by atoms with Crippen molar-refractivity contribution in [1.82, 2.24) is 4.98 Å². The minimum atomic E-state index is -0.456. The molecule has 0 spiro atoms. The lowest BCUT2D eigenvalue weighted by molar-refractivity contribution is -0.384. The number of aromatic nitrogens is 1. The first-order chi connectivity index (χ1) is 7.65. The first-order valence-corrected chi connectivity index (χ1v) is 5.07. The maximum absolute atomic E-state index is 10.7. The first kappa shape index (κ1) is 12.4. The number of rotatable bonds is 6. The van der Waals surface area contributed by atoms with Crippen LogP contribution in [0.5, 0.6) is 0 Å². The van der Waals surface area contributed by atoms with Crippen molar-refractivity contribution in [2.24, 2.45) is 0 Å². The molecule has 0 saturated heterocycles. The fraction of sp³-hybridized carbons (Fsp3) is 0.500. The van der Waals surface area contributed by atoms with E-state index < -0.39 is 4.92 Å². The molecule has 1 unspecified atom stereocenters. The molecular formula is C10H15N3O3. The summed E-state index contributed by atoms with van der Waals surface area (Å²) < 4.78 is 5.22. The average Bonchev–Trinajstić information content (AvgIpc) is 2.27. The van der Waals surface area contributed by atoms with E-state index in [-0.39, 0.29) is 11.7 Å². The molecule has 0 bridgehead atoms. The first-order valence-electron chi connectivity index (χ1n) is 5.07. The number of ether oxygens (including phenoxy) is 1. The van der Waals surface area contributed by atoms with Crippen LogP contribution in [0.2, 0.25) is 0 Å². The quantitative estimate of drug-likeness (QED) is 0.590. The van der Waals surface area contributed by atoms with Crippen molar-refractivity contribution in [3.05, 3.63) is 28.6 Å². The van der Waals surface area contributed by atoms with Gasteiger partial charge in [0.1, 0.15) is 11.9 Å². The van der Waals surface area contributed by atoms with Crippen molar-refractivity contribution in [3.8, 4) is 0 Å². The molecule has 16 heavy (non-hydrogen) atoms. The minimum absolute atomic E-state index is 0.0149. The van der Waals surface area contributed by atoms with E-state index in [0.717, 1.165) is 0 Å². The van der Waals surface area contributed by atoms with Crippen LogP contribution < -0.4 is 5.32 Å². The van der Waals surface area contributed by atoms with Crippen LogP contribution in [0.25, 0.3) is 0 Å². The van der Waals surface area contributed by atoms with Gasteiger partial charge in [0.25, 0.3) is 0 Å². The normalized spacial score (nSPS) is 12.1. The lowest BCUT2D eigenvalue weighted by atomic mass is 10.3. The molecule has 1 rings (SSSR count). The van der Waals surface area contributed by atoms with Crippen molar-refractivity contribution in [3.63, 3.8) is 0 Å². The SMILES string of the molecule is CCOCC(C)Nc1ccncc1[N+](=O)[O-]. The summed E-state index contributed by atoms with van der Waals surface area (Å²) in [4.78, 5) is 14.0. The van der Waals surface area contributed by atoms with E-state index >= 15 is 0 Å². The van der Waals surface area contributed by atoms with Gasteiger partial charge in [-0.3, -0.25) is 15.1 Å². The summed E-state index contributed by atoms with van der Waals surface area (Å²) in [5, 5.41) is 13.7. The summed E-state index contributed by atoms with van der Waals surface area (Å²) in [7, 11) is 0. The Balaban J connectivity index is 2.69. The highest BCUT2D eigenvalue weighted by Crippen LogP contribution is 2.22. The van der Waals surface area contributed by atoms with Crippen LogP contribution in [-0.4, -0.2) is 29.2 Å². The van der Waals surface area contributed by atoms with Gasteiger partial charge < -0.3 is 10.1 Å². The molecule has 0 amide bonds. The van der Waals surface area contributed by atoms with Crippen LogP contribution in [0.15, 0.2) is 18.5 Å². The number of hydrogen-bond donors (Lipinski definition) is 1. The Bertz CT molecular complexity index is 357. The number of hydrogen-bond acceptors (Lipinski definition) is 5. The molecule has 1 aromatic heterocycles. The van der Waals surface area contributed by atoms with E-state index in [9.17, 15) is 10.1 Å². The largest absolute Gasteiger partial charge is 0.380 e. The molecular weight excluding hydrogens is 210 g/mol. The fourth-order valence-corrected chi connectivity index (χ4v) is 1.26. The Labute approximate surface area is 93.8 Å². The summed E-state index contributed by atoms with van der Waals surface area (Å²) in [5.41, 5.74) is 0.443. The average molecular weight is 225 g/mol. The predicted molar refractivity (Wildman–Crippen MR) is 60.5 cm³/mol. The number of nitro groups is 1. The molecule has 0 aromatic carbocycles. The van der Waals surface area contributed by atoms with E-state index in [0.29, 0.717) is 18.9 Å². The molecule has 6 nitrogen and oxygen atoms in total. The number of pyridine rings is 1. The molecule has 0 saturated carbocycles. The van der Waals surface area contributed by atoms with Gasteiger partial charge in [-0.05, 0) is 19.9 Å². The van der Waals surface area contributed by atoms with Gasteiger partial charge in [-0.2, -0.15) is 0 Å². The molecule has 1 N–H and O–H groups in total. The Kier molecular flexibility index (Phi) is 4.65. The Morgan fingerprint density at radius 3 is 3.06 bits per heavy atom. The smallest absolute Gasteiger partial charge is 0.310 e. The summed E-state index contributed by atoms with van der Waals surface area (Å²) in [6.45, 7) is 4.95. The van der Waals surface area contributed by atoms with Crippen LogP contribution in [0, 0.1) is 10.1 Å². The van der Waals surface area contributed by atoms with Gasteiger partial charge in [-0.15, -0.1) is 0 Å². The van der Waals surface area contributed by atoms with Gasteiger partial charge in [0.15, 0.2) is 0 Å². The second-order valence-electron chi connectivity index (χ2n) is 3.35. The molecule has 1 atom stereocenters. The molecule has 0 fully saturated rings. The van der Waals surface area contributed by atoms with Crippen molar-refractivity contribution in [2.75, 3.05) is 18.5 Å². The highest BCUT2D eigenvalue weighted by Gasteiger charge is 2.14. The fourth-order valence-electron chi connectivity index (χ4n) is 1.26. The topological polar surface area (TPSA) is 77.3 Å². The molecule has 88 valence electrons. The maximum atomic E-state index is 10.7. The van der Waals surface area contributed by atoms with E-state index in [1.807, 2.05) is 13.8 Å². The zero-order valence-corrected chi connectivity index (χ0v) is 9.34. The predicted octanol–water partition coefficient (Wildman–Crippen LogP) is 1.83. The number of anilines is 1. The third kappa shape index (κ3) is 3.47. The monoisotopic (exact) mass is 225 g/mol. The second kappa shape index (κ2) is 6.02. The maximum Gasteiger partial charge on any atom is 0.310 e. The number of nitrogens with zero attached hydrogens (tertiary/aromatic N) is 2. The zero-order valence-electron chi connectivity index (χ0n) is 9.34. The highest BCUT2D eigenvalue weighted by atomic mass is 16.6. The zero-order chi connectivity index (χ0) is 12.0. The Hall–Kier alpha value is -1.69. The molecule has 0 aliphatic rings. The summed E-state index contributed by atoms with van der Waals surface area (Å²) >= 11 is 0. The molecule has 0 aliphatic carbocycles. The lowest BCUT2D eigenvalue weighted by Crippen LogP contribution is -2.22. The van der Waals surface area contributed by atoms with Crippen LogP contribution >= 0.6 is 0 Å². The van der Waals surface area contributed by atoms with Crippen LogP contribution in [0.1, 0.15) is 13.8 Å². The van der Waals surface area contributed by atoms with Gasteiger partial charge in [-0.25, -0.2) is 0 Å². The van der Waals surface area contributed by atoms with E-state index in [1.54, 1.807) is 6.07 Å². The number of nitrogens with one attached hydrogen (secondary N) is 1. The highest BCUT2D eigenvalue weighted by molar-refractivity contribution is 5.59. The summed E-state index contributed by atoms with van der Waals surface area (Å²) in [6, 6.07) is 1.60. The van der Waals surface area contributed by atoms with Gasteiger partial charge in [0.05, 0.1) is 11.5 Å². The second-order valence-corrected chi connectivity index (χ2v) is 3.35. The van der Waals surface area contributed by atoms with E-state index in [1.165, 1.54) is 12.4 Å². The molecule has 0 radical (unpaired) electrons. The minimum Gasteiger partial charge on any atom is -0.380 e. The van der Waals surface area contributed by atoms with Gasteiger partial charge in [0, 0.05) is 18.8 Å². The van der Waals surface area contributed by atoms with Crippen molar-refractivity contribution in [2.45, 2.75) is 19.9 Å². The lowest BCUT2D eigenvalue weighted by Gasteiger charge is -2.14. The van der Waals surface area contributed by atoms with E-state index in [2.05, 4.69) is 10.3 Å². The molecule has 0 aliphatic heterocycles. The Morgan fingerprint density at radius 1 is 1.69 bits per heavy atom.